The van der Waals surface area contributed by atoms with E-state index in [9.17, 15) is 13.2 Å². The molecule has 1 N–H and O–H groups in total. The minimum Gasteiger partial charge on any atom is -0.315 e. The monoisotopic (exact) mass is 324 g/mol. The van der Waals surface area contributed by atoms with Crippen molar-refractivity contribution in [3.63, 3.8) is 0 Å². The smallest absolute Gasteiger partial charge is 0.305 e. The Labute approximate surface area is 127 Å². The van der Waals surface area contributed by atoms with Crippen LogP contribution < -0.4 is 4.87 Å². The molecule has 1 fully saturated rings. The van der Waals surface area contributed by atoms with Crippen LogP contribution in [-0.4, -0.2) is 24.3 Å². The van der Waals surface area contributed by atoms with Gasteiger partial charge in [-0.3, -0.25) is 4.79 Å². The van der Waals surface area contributed by atoms with E-state index < -0.39 is 10.0 Å². The number of aromatic nitrogens is 1. The summed E-state index contributed by atoms with van der Waals surface area (Å²) in [5.41, 5.74) is 1.42. The lowest BCUT2D eigenvalue weighted by atomic mass is 10.1. The summed E-state index contributed by atoms with van der Waals surface area (Å²) in [6, 6.07) is 9.50. The van der Waals surface area contributed by atoms with Gasteiger partial charge in [0.15, 0.2) is 4.21 Å². The average Bonchev–Trinajstić information content (AvgIpc) is 3.07. The van der Waals surface area contributed by atoms with E-state index in [1.165, 1.54) is 4.31 Å². The molecule has 2 aromatic rings. The molecule has 7 heteroatoms. The largest absolute Gasteiger partial charge is 0.315 e. The molecule has 1 saturated heterocycles. The first-order valence-electron chi connectivity index (χ1n) is 6.76. The number of hydrogen-bond acceptors (Lipinski definition) is 4. The SMILES string of the molecule is Cc1[nH]c(=O)sc1S(=O)(=O)N1CCCC1c1ccccc1. The van der Waals surface area contributed by atoms with Crippen molar-refractivity contribution in [2.75, 3.05) is 6.54 Å². The predicted molar refractivity (Wildman–Crippen MR) is 82.0 cm³/mol. The van der Waals surface area contributed by atoms with Crippen molar-refractivity contribution in [1.82, 2.24) is 9.29 Å². The zero-order chi connectivity index (χ0) is 15.0. The van der Waals surface area contributed by atoms with E-state index in [2.05, 4.69) is 4.98 Å². The Kier molecular flexibility index (Phi) is 3.73. The maximum absolute atomic E-state index is 12.8. The summed E-state index contributed by atoms with van der Waals surface area (Å²) in [6.07, 6.45) is 1.64. The van der Waals surface area contributed by atoms with Crippen LogP contribution >= 0.6 is 11.3 Å². The zero-order valence-corrected chi connectivity index (χ0v) is 13.2. The summed E-state index contributed by atoms with van der Waals surface area (Å²) in [6.45, 7) is 2.12. The fourth-order valence-electron chi connectivity index (χ4n) is 2.78. The number of aromatic amines is 1. The van der Waals surface area contributed by atoms with Gasteiger partial charge in [0.25, 0.3) is 10.0 Å². The second-order valence-corrected chi connectivity index (χ2v) is 8.18. The highest BCUT2D eigenvalue weighted by atomic mass is 32.2. The first kappa shape index (κ1) is 14.5. The second-order valence-electron chi connectivity index (χ2n) is 5.11. The maximum Gasteiger partial charge on any atom is 0.305 e. The summed E-state index contributed by atoms with van der Waals surface area (Å²) in [4.78, 5) is 13.6. The van der Waals surface area contributed by atoms with E-state index in [1.54, 1.807) is 6.92 Å². The topological polar surface area (TPSA) is 70.2 Å². The van der Waals surface area contributed by atoms with Crippen molar-refractivity contribution in [1.29, 1.82) is 0 Å². The van der Waals surface area contributed by atoms with Gasteiger partial charge >= 0.3 is 4.87 Å². The third-order valence-corrected chi connectivity index (χ3v) is 7.20. The molecule has 1 aliphatic rings. The van der Waals surface area contributed by atoms with Gasteiger partial charge in [0.05, 0.1) is 6.04 Å². The number of benzene rings is 1. The van der Waals surface area contributed by atoms with Crippen LogP contribution in [0.15, 0.2) is 39.3 Å². The van der Waals surface area contributed by atoms with Crippen LogP contribution in [0.5, 0.6) is 0 Å². The number of thiazole rings is 1. The van der Waals surface area contributed by atoms with Gasteiger partial charge in [0.2, 0.25) is 0 Å². The molecule has 1 unspecified atom stereocenters. The number of sulfonamides is 1. The molecular weight excluding hydrogens is 308 g/mol. The summed E-state index contributed by atoms with van der Waals surface area (Å²) in [7, 11) is -3.63. The molecule has 3 rings (SSSR count). The Morgan fingerprint density at radius 3 is 2.62 bits per heavy atom. The molecule has 2 heterocycles. The van der Waals surface area contributed by atoms with Crippen molar-refractivity contribution in [2.24, 2.45) is 0 Å². The molecule has 0 bridgehead atoms. The maximum atomic E-state index is 12.8. The number of H-pyrrole nitrogens is 1. The van der Waals surface area contributed by atoms with Crippen LogP contribution in [0.25, 0.3) is 0 Å². The van der Waals surface area contributed by atoms with Crippen molar-refractivity contribution in [3.05, 3.63) is 51.3 Å². The normalized spacial score (nSPS) is 20.0. The number of rotatable bonds is 3. The van der Waals surface area contributed by atoms with Gasteiger partial charge in [-0.1, -0.05) is 41.7 Å². The first-order chi connectivity index (χ1) is 10.00. The zero-order valence-electron chi connectivity index (χ0n) is 11.6. The van der Waals surface area contributed by atoms with Crippen LogP contribution in [-0.2, 0) is 10.0 Å². The van der Waals surface area contributed by atoms with E-state index >= 15 is 0 Å². The molecule has 0 aliphatic carbocycles. The molecule has 0 saturated carbocycles. The molecule has 1 aromatic heterocycles. The number of hydrogen-bond donors (Lipinski definition) is 1. The standard InChI is InChI=1S/C14H16N2O3S2/c1-10-13(20-14(17)15-10)21(18,19)16-9-5-8-12(16)11-6-3-2-4-7-11/h2-4,6-7,12H,5,8-9H2,1H3,(H,15,17). The van der Waals surface area contributed by atoms with E-state index in [0.717, 1.165) is 29.7 Å². The van der Waals surface area contributed by atoms with Gasteiger partial charge in [-0.05, 0) is 25.3 Å². The van der Waals surface area contributed by atoms with Crippen LogP contribution in [0.3, 0.4) is 0 Å². The van der Waals surface area contributed by atoms with Gasteiger partial charge in [-0.25, -0.2) is 8.42 Å². The van der Waals surface area contributed by atoms with Gasteiger partial charge in [-0.15, -0.1) is 0 Å². The molecule has 0 radical (unpaired) electrons. The fourth-order valence-corrected chi connectivity index (χ4v) is 5.87. The van der Waals surface area contributed by atoms with E-state index in [4.69, 9.17) is 0 Å². The van der Waals surface area contributed by atoms with Crippen LogP contribution in [0.4, 0.5) is 0 Å². The van der Waals surface area contributed by atoms with Crippen molar-refractivity contribution in [2.45, 2.75) is 30.0 Å². The lowest BCUT2D eigenvalue weighted by Gasteiger charge is -2.23. The fraction of sp³-hybridized carbons (Fsp3) is 0.357. The number of nitrogens with zero attached hydrogens (tertiary/aromatic N) is 1. The highest BCUT2D eigenvalue weighted by Gasteiger charge is 2.37. The summed E-state index contributed by atoms with van der Waals surface area (Å²) in [5.74, 6) is 0. The van der Waals surface area contributed by atoms with Gasteiger partial charge in [-0.2, -0.15) is 4.31 Å². The second kappa shape index (κ2) is 5.40. The molecule has 0 spiro atoms. The lowest BCUT2D eigenvalue weighted by molar-refractivity contribution is 0.397. The summed E-state index contributed by atoms with van der Waals surface area (Å²) >= 11 is 0.765. The Morgan fingerprint density at radius 1 is 1.29 bits per heavy atom. The third kappa shape index (κ3) is 2.56. The number of aryl methyl sites for hydroxylation is 1. The predicted octanol–water partition coefficient (Wildman–Crippen LogP) is 2.27. The van der Waals surface area contributed by atoms with Gasteiger partial charge < -0.3 is 4.98 Å². The minimum absolute atomic E-state index is 0.135. The van der Waals surface area contributed by atoms with Crippen molar-refractivity contribution >= 4 is 21.4 Å². The Hall–Kier alpha value is -1.44. The Bertz CT molecular complexity index is 793. The lowest BCUT2D eigenvalue weighted by Crippen LogP contribution is -2.30. The Balaban J connectivity index is 2.02. The van der Waals surface area contributed by atoms with Crippen LogP contribution in [0, 0.1) is 6.92 Å². The van der Waals surface area contributed by atoms with Gasteiger partial charge in [0, 0.05) is 12.2 Å². The molecule has 1 aliphatic heterocycles. The molecule has 1 atom stereocenters. The van der Waals surface area contributed by atoms with Gasteiger partial charge in [0.1, 0.15) is 0 Å². The highest BCUT2D eigenvalue weighted by Crippen LogP contribution is 2.37. The summed E-state index contributed by atoms with van der Waals surface area (Å²) < 4.78 is 27.3. The highest BCUT2D eigenvalue weighted by molar-refractivity contribution is 7.91. The molecule has 0 amide bonds. The van der Waals surface area contributed by atoms with E-state index in [-0.39, 0.29) is 15.1 Å². The van der Waals surface area contributed by atoms with Crippen LogP contribution in [0.2, 0.25) is 0 Å². The molecule has 5 nitrogen and oxygen atoms in total. The van der Waals surface area contributed by atoms with E-state index in [1.807, 2.05) is 30.3 Å². The molecule has 1 aromatic carbocycles. The average molecular weight is 324 g/mol. The Morgan fingerprint density at radius 2 is 2.00 bits per heavy atom. The summed E-state index contributed by atoms with van der Waals surface area (Å²) in [5, 5.41) is 0. The first-order valence-corrected chi connectivity index (χ1v) is 9.02. The van der Waals surface area contributed by atoms with E-state index in [0.29, 0.717) is 12.2 Å². The van der Waals surface area contributed by atoms with Crippen molar-refractivity contribution in [3.8, 4) is 0 Å². The molecular formula is C14H16N2O3S2. The minimum atomic E-state index is -3.63. The van der Waals surface area contributed by atoms with Crippen LogP contribution in [0.1, 0.15) is 30.1 Å². The number of nitrogens with one attached hydrogen (secondary N) is 1. The molecule has 21 heavy (non-hydrogen) atoms. The quantitative estimate of drug-likeness (QED) is 0.941. The molecule has 112 valence electrons. The third-order valence-electron chi connectivity index (χ3n) is 3.71. The van der Waals surface area contributed by atoms with Crippen molar-refractivity contribution < 1.29 is 8.42 Å².